The fourth-order valence-corrected chi connectivity index (χ4v) is 3.50. The Balaban J connectivity index is 1.65. The standard InChI is InChI=1S/C18H33N3O4/c1-4-20(11-17(22)23)15-9-14(10-15)19-18(24)21-7-5-16(6-8-21)25-12-13(2)3/h13-16H,4-12H2,1-3H3,(H,19,24)(H,22,23). The number of amides is 2. The van der Waals surface area contributed by atoms with Crippen LogP contribution < -0.4 is 5.32 Å². The fraction of sp³-hybridized carbons (Fsp3) is 0.889. The summed E-state index contributed by atoms with van der Waals surface area (Å²) in [5.41, 5.74) is 0. The summed E-state index contributed by atoms with van der Waals surface area (Å²) in [6, 6.07) is 0.434. The first-order valence-electron chi connectivity index (χ1n) is 9.51. The van der Waals surface area contributed by atoms with Crippen molar-refractivity contribution in [2.24, 2.45) is 5.92 Å². The lowest BCUT2D eigenvalue weighted by atomic mass is 9.85. The number of carboxylic acid groups (broad SMARTS) is 1. The van der Waals surface area contributed by atoms with Crippen molar-refractivity contribution in [3.05, 3.63) is 0 Å². The van der Waals surface area contributed by atoms with Crippen LogP contribution in [0.4, 0.5) is 4.79 Å². The van der Waals surface area contributed by atoms with E-state index in [-0.39, 0.29) is 30.8 Å². The lowest BCUT2D eigenvalue weighted by Gasteiger charge is -2.43. The number of likely N-dealkylation sites (N-methyl/N-ethyl adjacent to an activating group) is 1. The van der Waals surface area contributed by atoms with Crippen molar-refractivity contribution in [2.45, 2.75) is 64.6 Å². The van der Waals surface area contributed by atoms with E-state index in [1.165, 1.54) is 0 Å². The maximum atomic E-state index is 12.4. The third-order valence-corrected chi connectivity index (χ3v) is 5.10. The van der Waals surface area contributed by atoms with Crippen LogP contribution in [-0.4, -0.2) is 77.9 Å². The normalized spacial score (nSPS) is 24.4. The molecule has 0 aromatic rings. The minimum Gasteiger partial charge on any atom is -0.480 e. The number of hydrogen-bond donors (Lipinski definition) is 2. The molecular weight excluding hydrogens is 322 g/mol. The minimum absolute atomic E-state index is 0.00652. The summed E-state index contributed by atoms with van der Waals surface area (Å²) in [6.07, 6.45) is 3.74. The van der Waals surface area contributed by atoms with E-state index in [0.29, 0.717) is 5.92 Å². The number of likely N-dealkylation sites (tertiary alicyclic amines) is 1. The van der Waals surface area contributed by atoms with E-state index in [2.05, 4.69) is 19.2 Å². The molecular formula is C18H33N3O4. The van der Waals surface area contributed by atoms with E-state index < -0.39 is 5.97 Å². The average Bonchev–Trinajstić information content (AvgIpc) is 2.54. The van der Waals surface area contributed by atoms with Crippen LogP contribution in [-0.2, 0) is 9.53 Å². The molecule has 144 valence electrons. The van der Waals surface area contributed by atoms with Crippen molar-refractivity contribution >= 4 is 12.0 Å². The summed E-state index contributed by atoms with van der Waals surface area (Å²) in [6.45, 7) is 9.32. The van der Waals surface area contributed by atoms with E-state index in [1.807, 2.05) is 16.7 Å². The van der Waals surface area contributed by atoms with Gasteiger partial charge in [-0.05, 0) is 38.1 Å². The average molecular weight is 355 g/mol. The quantitative estimate of drug-likeness (QED) is 0.693. The van der Waals surface area contributed by atoms with Gasteiger partial charge >= 0.3 is 12.0 Å². The van der Waals surface area contributed by atoms with Gasteiger partial charge in [0, 0.05) is 31.8 Å². The Hall–Kier alpha value is -1.34. The van der Waals surface area contributed by atoms with Gasteiger partial charge in [0.2, 0.25) is 0 Å². The predicted octanol–water partition coefficient (Wildman–Crippen LogP) is 1.77. The van der Waals surface area contributed by atoms with Gasteiger partial charge in [0.15, 0.2) is 0 Å². The molecule has 1 heterocycles. The van der Waals surface area contributed by atoms with Crippen molar-refractivity contribution in [1.29, 1.82) is 0 Å². The Labute approximate surface area is 150 Å². The van der Waals surface area contributed by atoms with Gasteiger partial charge in [-0.1, -0.05) is 20.8 Å². The van der Waals surface area contributed by atoms with Crippen LogP contribution in [0.15, 0.2) is 0 Å². The summed E-state index contributed by atoms with van der Waals surface area (Å²) in [5, 5.41) is 12.0. The van der Waals surface area contributed by atoms with Crippen molar-refractivity contribution < 1.29 is 19.4 Å². The second-order valence-electron chi connectivity index (χ2n) is 7.64. The van der Waals surface area contributed by atoms with E-state index in [4.69, 9.17) is 9.84 Å². The molecule has 2 amide bonds. The van der Waals surface area contributed by atoms with Crippen LogP contribution in [0.3, 0.4) is 0 Å². The molecule has 0 spiro atoms. The molecule has 2 rings (SSSR count). The molecule has 0 atom stereocenters. The Morgan fingerprint density at radius 3 is 2.44 bits per heavy atom. The molecule has 1 aliphatic carbocycles. The van der Waals surface area contributed by atoms with Gasteiger partial charge < -0.3 is 20.1 Å². The fourth-order valence-electron chi connectivity index (χ4n) is 3.50. The van der Waals surface area contributed by atoms with Gasteiger partial charge in [-0.25, -0.2) is 4.79 Å². The number of rotatable bonds is 8. The highest BCUT2D eigenvalue weighted by Crippen LogP contribution is 2.26. The zero-order valence-corrected chi connectivity index (χ0v) is 15.7. The maximum absolute atomic E-state index is 12.4. The van der Waals surface area contributed by atoms with E-state index in [0.717, 1.165) is 51.9 Å². The maximum Gasteiger partial charge on any atom is 0.317 e. The summed E-state index contributed by atoms with van der Waals surface area (Å²) >= 11 is 0. The predicted molar refractivity (Wildman–Crippen MR) is 95.6 cm³/mol. The molecule has 0 unspecified atom stereocenters. The monoisotopic (exact) mass is 355 g/mol. The van der Waals surface area contributed by atoms with Crippen molar-refractivity contribution in [3.8, 4) is 0 Å². The number of piperidine rings is 1. The highest BCUT2D eigenvalue weighted by Gasteiger charge is 2.35. The van der Waals surface area contributed by atoms with Gasteiger partial charge in [0.05, 0.1) is 12.6 Å². The summed E-state index contributed by atoms with van der Waals surface area (Å²) < 4.78 is 5.86. The SMILES string of the molecule is CCN(CC(=O)O)C1CC(NC(=O)N2CCC(OCC(C)C)CC2)C1. The number of carbonyl (C=O) groups excluding carboxylic acids is 1. The number of aliphatic carboxylic acids is 1. The molecule has 0 aromatic carbocycles. The molecule has 7 heteroatoms. The Morgan fingerprint density at radius 2 is 1.92 bits per heavy atom. The first kappa shape index (κ1) is 20.0. The third-order valence-electron chi connectivity index (χ3n) is 5.10. The first-order chi connectivity index (χ1) is 11.9. The molecule has 0 radical (unpaired) electrons. The molecule has 1 saturated heterocycles. The molecule has 7 nitrogen and oxygen atoms in total. The van der Waals surface area contributed by atoms with Crippen LogP contribution >= 0.6 is 0 Å². The number of hydrogen-bond acceptors (Lipinski definition) is 4. The molecule has 2 fully saturated rings. The zero-order valence-electron chi connectivity index (χ0n) is 15.7. The first-order valence-corrected chi connectivity index (χ1v) is 9.51. The molecule has 1 aliphatic heterocycles. The molecule has 1 saturated carbocycles. The van der Waals surface area contributed by atoms with Gasteiger partial charge in [0.25, 0.3) is 0 Å². The number of urea groups is 1. The Kier molecular flexibility index (Phi) is 7.50. The topological polar surface area (TPSA) is 82.1 Å². The number of carboxylic acids is 1. The van der Waals surface area contributed by atoms with E-state index >= 15 is 0 Å². The third kappa shape index (κ3) is 6.15. The lowest BCUT2D eigenvalue weighted by molar-refractivity contribution is -0.139. The van der Waals surface area contributed by atoms with Crippen molar-refractivity contribution in [1.82, 2.24) is 15.1 Å². The van der Waals surface area contributed by atoms with Crippen LogP contribution in [0.25, 0.3) is 0 Å². The van der Waals surface area contributed by atoms with Crippen molar-refractivity contribution in [2.75, 3.05) is 32.8 Å². The number of nitrogens with one attached hydrogen (secondary N) is 1. The smallest absolute Gasteiger partial charge is 0.317 e. The zero-order chi connectivity index (χ0) is 18.4. The second kappa shape index (κ2) is 9.38. The highest BCUT2D eigenvalue weighted by molar-refractivity contribution is 5.74. The molecule has 0 aromatic heterocycles. The molecule has 2 aliphatic rings. The number of nitrogens with zero attached hydrogens (tertiary/aromatic N) is 2. The van der Waals surface area contributed by atoms with Crippen LogP contribution in [0.2, 0.25) is 0 Å². The summed E-state index contributed by atoms with van der Waals surface area (Å²) in [7, 11) is 0. The van der Waals surface area contributed by atoms with Gasteiger partial charge in [-0.3, -0.25) is 9.69 Å². The van der Waals surface area contributed by atoms with Gasteiger partial charge in [-0.15, -0.1) is 0 Å². The highest BCUT2D eigenvalue weighted by atomic mass is 16.5. The van der Waals surface area contributed by atoms with E-state index in [1.54, 1.807) is 0 Å². The number of carbonyl (C=O) groups is 2. The van der Waals surface area contributed by atoms with Crippen LogP contribution in [0.1, 0.15) is 46.5 Å². The summed E-state index contributed by atoms with van der Waals surface area (Å²) in [5.74, 6) is -0.256. The Morgan fingerprint density at radius 1 is 1.28 bits per heavy atom. The number of ether oxygens (including phenoxy) is 1. The van der Waals surface area contributed by atoms with Gasteiger partial charge in [-0.2, -0.15) is 0 Å². The largest absolute Gasteiger partial charge is 0.480 e. The van der Waals surface area contributed by atoms with Crippen molar-refractivity contribution in [3.63, 3.8) is 0 Å². The summed E-state index contributed by atoms with van der Waals surface area (Å²) in [4.78, 5) is 27.1. The molecule has 0 bridgehead atoms. The minimum atomic E-state index is -0.795. The second-order valence-corrected chi connectivity index (χ2v) is 7.64. The Bertz CT molecular complexity index is 444. The van der Waals surface area contributed by atoms with E-state index in [9.17, 15) is 9.59 Å². The molecule has 2 N–H and O–H groups in total. The van der Waals surface area contributed by atoms with Crippen LogP contribution in [0.5, 0.6) is 0 Å². The lowest BCUT2D eigenvalue weighted by Crippen LogP contribution is -2.57. The van der Waals surface area contributed by atoms with Gasteiger partial charge in [0.1, 0.15) is 0 Å². The molecule has 25 heavy (non-hydrogen) atoms. The van der Waals surface area contributed by atoms with Crippen LogP contribution in [0, 0.1) is 5.92 Å².